The summed E-state index contributed by atoms with van der Waals surface area (Å²) < 4.78 is 29.2. The van der Waals surface area contributed by atoms with Crippen LogP contribution >= 0.6 is 0 Å². The zero-order chi connectivity index (χ0) is 14.6. The van der Waals surface area contributed by atoms with Gasteiger partial charge in [0.25, 0.3) is 0 Å². The second-order valence-corrected chi connectivity index (χ2v) is 6.67. The van der Waals surface area contributed by atoms with Crippen molar-refractivity contribution >= 4 is 10.0 Å². The third kappa shape index (κ3) is 3.81. The van der Waals surface area contributed by atoms with Gasteiger partial charge >= 0.3 is 0 Å². The molecule has 0 fully saturated rings. The van der Waals surface area contributed by atoms with Gasteiger partial charge in [0.1, 0.15) is 0 Å². The average molecular weight is 287 g/mol. The number of nitrogens with one attached hydrogen (secondary N) is 1. The Kier molecular flexibility index (Phi) is 5.58. The molecule has 2 atom stereocenters. The quantitative estimate of drug-likeness (QED) is 0.801. The van der Waals surface area contributed by atoms with Crippen LogP contribution in [0.1, 0.15) is 39.8 Å². The number of nitrogens with two attached hydrogens (primary N) is 1. The molecule has 0 aliphatic rings. The summed E-state index contributed by atoms with van der Waals surface area (Å²) in [5.74, 6) is 0.303. The van der Waals surface area contributed by atoms with Crippen molar-refractivity contribution in [2.24, 2.45) is 11.7 Å². The van der Waals surface area contributed by atoms with Gasteiger partial charge < -0.3 is 10.3 Å². The van der Waals surface area contributed by atoms with E-state index in [4.69, 9.17) is 5.73 Å². The van der Waals surface area contributed by atoms with E-state index in [2.05, 4.69) is 11.6 Å². The molecular formula is C13H25N3O2S. The summed E-state index contributed by atoms with van der Waals surface area (Å²) in [5, 5.41) is 0. The first kappa shape index (κ1) is 16.2. The lowest BCUT2D eigenvalue weighted by atomic mass is 10.0. The second-order valence-electron chi connectivity index (χ2n) is 4.95. The lowest BCUT2D eigenvalue weighted by Gasteiger charge is -2.19. The summed E-state index contributed by atoms with van der Waals surface area (Å²) in [7, 11) is -3.46. The van der Waals surface area contributed by atoms with Crippen molar-refractivity contribution in [3.8, 4) is 0 Å². The van der Waals surface area contributed by atoms with E-state index in [0.717, 1.165) is 12.1 Å². The van der Waals surface area contributed by atoms with Gasteiger partial charge in [0.15, 0.2) is 0 Å². The maximum absolute atomic E-state index is 12.3. The highest BCUT2D eigenvalue weighted by Crippen LogP contribution is 2.16. The minimum atomic E-state index is -3.46. The third-order valence-electron chi connectivity index (χ3n) is 3.66. The van der Waals surface area contributed by atoms with Crippen LogP contribution in [0.3, 0.4) is 0 Å². The number of aryl methyl sites for hydroxylation is 1. The Bertz CT molecular complexity index is 486. The zero-order valence-corrected chi connectivity index (χ0v) is 13.0. The van der Waals surface area contributed by atoms with E-state index in [1.165, 1.54) is 0 Å². The first-order chi connectivity index (χ1) is 8.85. The second kappa shape index (κ2) is 6.54. The van der Waals surface area contributed by atoms with E-state index in [-0.39, 0.29) is 6.04 Å². The molecule has 6 heteroatoms. The number of rotatable bonds is 7. The molecule has 1 heterocycles. The highest BCUT2D eigenvalue weighted by atomic mass is 32.2. The van der Waals surface area contributed by atoms with Crippen LogP contribution in [0, 0.1) is 5.92 Å². The van der Waals surface area contributed by atoms with E-state index in [0.29, 0.717) is 23.9 Å². The lowest BCUT2D eigenvalue weighted by Crippen LogP contribution is -2.36. The van der Waals surface area contributed by atoms with Gasteiger partial charge in [-0.3, -0.25) is 0 Å². The molecule has 0 aliphatic heterocycles. The van der Waals surface area contributed by atoms with Crippen LogP contribution in [-0.4, -0.2) is 19.0 Å². The average Bonchev–Trinajstić information content (AvgIpc) is 2.81. The number of sulfonamides is 1. The van der Waals surface area contributed by atoms with Gasteiger partial charge in [-0.2, -0.15) is 0 Å². The molecule has 0 radical (unpaired) electrons. The van der Waals surface area contributed by atoms with Crippen molar-refractivity contribution in [3.05, 3.63) is 18.0 Å². The standard InChI is InChI=1S/C13H25N3O2S/c1-5-10(3)11(4)15-19(17,18)13-7-12(8-14)16(6-2)9-13/h7,9-11,15H,5-6,8,14H2,1-4H3. The molecule has 0 saturated carbocycles. The van der Waals surface area contributed by atoms with Gasteiger partial charge in [-0.15, -0.1) is 0 Å². The van der Waals surface area contributed by atoms with Gasteiger partial charge in [-0.05, 0) is 25.8 Å². The van der Waals surface area contributed by atoms with E-state index in [1.54, 1.807) is 12.3 Å². The highest BCUT2D eigenvalue weighted by molar-refractivity contribution is 7.89. The van der Waals surface area contributed by atoms with Crippen LogP contribution in [0.5, 0.6) is 0 Å². The smallest absolute Gasteiger partial charge is 0.242 e. The van der Waals surface area contributed by atoms with E-state index < -0.39 is 10.0 Å². The summed E-state index contributed by atoms with van der Waals surface area (Å²) in [4.78, 5) is 0.296. The van der Waals surface area contributed by atoms with E-state index >= 15 is 0 Å². The minimum absolute atomic E-state index is 0.0821. The molecule has 0 saturated heterocycles. The highest BCUT2D eigenvalue weighted by Gasteiger charge is 2.22. The Hall–Kier alpha value is -0.850. The van der Waals surface area contributed by atoms with Crippen LogP contribution in [0.4, 0.5) is 0 Å². The number of nitrogens with zero attached hydrogens (tertiary/aromatic N) is 1. The molecule has 1 aromatic heterocycles. The maximum atomic E-state index is 12.3. The molecule has 3 N–H and O–H groups in total. The molecule has 0 amide bonds. The van der Waals surface area contributed by atoms with Crippen LogP contribution in [0.25, 0.3) is 0 Å². The van der Waals surface area contributed by atoms with Crippen LogP contribution in [0.2, 0.25) is 0 Å². The van der Waals surface area contributed by atoms with Gasteiger partial charge in [0, 0.05) is 31.0 Å². The van der Waals surface area contributed by atoms with Crippen LogP contribution in [-0.2, 0) is 23.1 Å². The van der Waals surface area contributed by atoms with Crippen molar-refractivity contribution in [2.45, 2.75) is 58.1 Å². The molecule has 0 aliphatic carbocycles. The first-order valence-corrected chi connectivity index (χ1v) is 8.25. The summed E-state index contributed by atoms with van der Waals surface area (Å²) in [6, 6.07) is 1.57. The van der Waals surface area contributed by atoms with Crippen molar-refractivity contribution in [1.82, 2.24) is 9.29 Å². The number of aromatic nitrogens is 1. The van der Waals surface area contributed by atoms with E-state index in [9.17, 15) is 8.42 Å². The zero-order valence-electron chi connectivity index (χ0n) is 12.2. The number of hydrogen-bond donors (Lipinski definition) is 2. The maximum Gasteiger partial charge on any atom is 0.242 e. The van der Waals surface area contributed by atoms with Gasteiger partial charge in [0.2, 0.25) is 10.0 Å². The largest absolute Gasteiger partial charge is 0.349 e. The molecule has 0 bridgehead atoms. The predicted molar refractivity (Wildman–Crippen MR) is 77.2 cm³/mol. The lowest BCUT2D eigenvalue weighted by molar-refractivity contribution is 0.434. The van der Waals surface area contributed by atoms with Crippen molar-refractivity contribution in [1.29, 1.82) is 0 Å². The number of hydrogen-bond acceptors (Lipinski definition) is 3. The van der Waals surface area contributed by atoms with Gasteiger partial charge in [-0.1, -0.05) is 20.3 Å². The van der Waals surface area contributed by atoms with Gasteiger partial charge in [-0.25, -0.2) is 13.1 Å². The Balaban J connectivity index is 2.97. The Labute approximate surface area is 116 Å². The predicted octanol–water partition coefficient (Wildman–Crippen LogP) is 1.68. The third-order valence-corrected chi connectivity index (χ3v) is 5.19. The molecule has 0 aromatic carbocycles. The van der Waals surface area contributed by atoms with Crippen molar-refractivity contribution in [2.75, 3.05) is 0 Å². The Morgan fingerprint density at radius 3 is 2.42 bits per heavy atom. The van der Waals surface area contributed by atoms with Crippen LogP contribution < -0.4 is 10.5 Å². The summed E-state index contributed by atoms with van der Waals surface area (Å²) >= 11 is 0. The molecule has 19 heavy (non-hydrogen) atoms. The van der Waals surface area contributed by atoms with Gasteiger partial charge in [0.05, 0.1) is 4.90 Å². The Morgan fingerprint density at radius 2 is 2.00 bits per heavy atom. The topological polar surface area (TPSA) is 77.1 Å². The molecule has 1 rings (SSSR count). The summed E-state index contributed by atoms with van der Waals surface area (Å²) in [5.41, 5.74) is 6.45. The summed E-state index contributed by atoms with van der Waals surface area (Å²) in [6.45, 7) is 9.00. The first-order valence-electron chi connectivity index (χ1n) is 6.77. The monoisotopic (exact) mass is 287 g/mol. The van der Waals surface area contributed by atoms with E-state index in [1.807, 2.05) is 25.3 Å². The van der Waals surface area contributed by atoms with Crippen molar-refractivity contribution in [3.63, 3.8) is 0 Å². The normalized spacial score (nSPS) is 15.4. The fraction of sp³-hybridized carbons (Fsp3) is 0.692. The molecule has 5 nitrogen and oxygen atoms in total. The molecule has 110 valence electrons. The Morgan fingerprint density at radius 1 is 1.37 bits per heavy atom. The molecule has 0 spiro atoms. The van der Waals surface area contributed by atoms with Crippen LogP contribution in [0.15, 0.2) is 17.2 Å². The fourth-order valence-electron chi connectivity index (χ4n) is 1.92. The fourth-order valence-corrected chi connectivity index (χ4v) is 3.34. The molecular weight excluding hydrogens is 262 g/mol. The van der Waals surface area contributed by atoms with Crippen molar-refractivity contribution < 1.29 is 8.42 Å². The molecule has 2 unspecified atom stereocenters. The molecule has 1 aromatic rings. The summed E-state index contributed by atoms with van der Waals surface area (Å²) in [6.07, 6.45) is 2.58. The SMILES string of the molecule is CCC(C)C(C)NS(=O)(=O)c1cc(CN)n(CC)c1. The minimum Gasteiger partial charge on any atom is -0.349 e.